The largest absolute Gasteiger partial charge is 0.339 e. The SMILES string of the molecule is CC(C)CC(C)N(C)C(=O)c1cccc(Br)c1Cl. The molecule has 0 heterocycles. The molecule has 1 unspecified atom stereocenters. The van der Waals surface area contributed by atoms with Gasteiger partial charge in [0, 0.05) is 17.6 Å². The van der Waals surface area contributed by atoms with Crippen LogP contribution in [-0.4, -0.2) is 23.9 Å². The van der Waals surface area contributed by atoms with Crippen LogP contribution in [0.3, 0.4) is 0 Å². The minimum Gasteiger partial charge on any atom is -0.339 e. The summed E-state index contributed by atoms with van der Waals surface area (Å²) in [7, 11) is 1.83. The summed E-state index contributed by atoms with van der Waals surface area (Å²) in [4.78, 5) is 14.1. The third-order valence-electron chi connectivity index (χ3n) is 2.98. The quantitative estimate of drug-likeness (QED) is 0.788. The molecule has 0 spiro atoms. The molecule has 1 aromatic carbocycles. The molecule has 0 aromatic heterocycles. The van der Waals surface area contributed by atoms with Gasteiger partial charge in [0.15, 0.2) is 0 Å². The Balaban J connectivity index is 2.90. The minimum atomic E-state index is -0.0329. The van der Waals surface area contributed by atoms with Crippen molar-refractivity contribution in [3.63, 3.8) is 0 Å². The van der Waals surface area contributed by atoms with Crippen molar-refractivity contribution in [3.05, 3.63) is 33.3 Å². The van der Waals surface area contributed by atoms with Crippen molar-refractivity contribution < 1.29 is 4.79 Å². The highest BCUT2D eigenvalue weighted by Gasteiger charge is 2.21. The lowest BCUT2D eigenvalue weighted by atomic mass is 10.0. The number of hydrogen-bond acceptors (Lipinski definition) is 1. The average Bonchev–Trinajstić information content (AvgIpc) is 2.30. The molecule has 0 aliphatic heterocycles. The van der Waals surface area contributed by atoms with Gasteiger partial charge in [-0.05, 0) is 47.3 Å². The zero-order chi connectivity index (χ0) is 13.9. The van der Waals surface area contributed by atoms with Crippen molar-refractivity contribution in [2.75, 3.05) is 7.05 Å². The van der Waals surface area contributed by atoms with E-state index in [0.717, 1.165) is 10.9 Å². The molecule has 0 fully saturated rings. The fourth-order valence-electron chi connectivity index (χ4n) is 1.90. The number of rotatable bonds is 4. The zero-order valence-corrected chi connectivity index (χ0v) is 13.5. The maximum absolute atomic E-state index is 12.4. The molecule has 4 heteroatoms. The lowest BCUT2D eigenvalue weighted by molar-refractivity contribution is 0.0728. The maximum atomic E-state index is 12.4. The molecule has 18 heavy (non-hydrogen) atoms. The first-order chi connectivity index (χ1) is 8.34. The van der Waals surface area contributed by atoms with Crippen molar-refractivity contribution in [3.8, 4) is 0 Å². The predicted molar refractivity (Wildman–Crippen MR) is 80.2 cm³/mol. The second-order valence-corrected chi connectivity index (χ2v) is 6.23. The smallest absolute Gasteiger partial charge is 0.255 e. The molecule has 0 bridgehead atoms. The summed E-state index contributed by atoms with van der Waals surface area (Å²) in [5, 5.41) is 0.478. The Morgan fingerprint density at radius 2 is 2.00 bits per heavy atom. The van der Waals surface area contributed by atoms with Crippen LogP contribution < -0.4 is 0 Å². The number of hydrogen-bond donors (Lipinski definition) is 0. The van der Waals surface area contributed by atoms with E-state index in [9.17, 15) is 4.79 Å². The summed E-state index contributed by atoms with van der Waals surface area (Å²) in [5.41, 5.74) is 0.546. The second-order valence-electron chi connectivity index (χ2n) is 5.00. The molecule has 1 amide bonds. The molecule has 0 radical (unpaired) electrons. The number of carbonyl (C=O) groups excluding carboxylic acids is 1. The van der Waals surface area contributed by atoms with Gasteiger partial charge in [-0.25, -0.2) is 0 Å². The first-order valence-electron chi connectivity index (χ1n) is 6.05. The minimum absolute atomic E-state index is 0.0329. The predicted octanol–water partition coefficient (Wildman–Crippen LogP) is 4.61. The van der Waals surface area contributed by atoms with Gasteiger partial charge in [0.25, 0.3) is 5.91 Å². The summed E-state index contributed by atoms with van der Waals surface area (Å²) in [6.45, 7) is 6.37. The van der Waals surface area contributed by atoms with Gasteiger partial charge in [-0.3, -0.25) is 4.79 Å². The van der Waals surface area contributed by atoms with Gasteiger partial charge in [0.05, 0.1) is 10.6 Å². The molecular formula is C14H19BrClNO. The average molecular weight is 333 g/mol. The van der Waals surface area contributed by atoms with E-state index in [2.05, 4.69) is 36.7 Å². The Morgan fingerprint density at radius 3 is 2.56 bits per heavy atom. The Morgan fingerprint density at radius 1 is 1.39 bits per heavy atom. The topological polar surface area (TPSA) is 20.3 Å². The molecular weight excluding hydrogens is 314 g/mol. The normalized spacial score (nSPS) is 12.6. The molecule has 0 N–H and O–H groups in total. The van der Waals surface area contributed by atoms with Crippen LogP contribution in [0, 0.1) is 5.92 Å². The van der Waals surface area contributed by atoms with E-state index in [0.29, 0.717) is 16.5 Å². The number of benzene rings is 1. The summed E-state index contributed by atoms with van der Waals surface area (Å²) >= 11 is 9.49. The number of nitrogens with zero attached hydrogens (tertiary/aromatic N) is 1. The summed E-state index contributed by atoms with van der Waals surface area (Å²) in [5.74, 6) is 0.530. The second kappa shape index (κ2) is 6.58. The van der Waals surface area contributed by atoms with E-state index in [-0.39, 0.29) is 11.9 Å². The highest BCUT2D eigenvalue weighted by atomic mass is 79.9. The summed E-state index contributed by atoms with van der Waals surface area (Å²) < 4.78 is 0.750. The molecule has 1 atom stereocenters. The monoisotopic (exact) mass is 331 g/mol. The van der Waals surface area contributed by atoms with Crippen LogP contribution >= 0.6 is 27.5 Å². The fourth-order valence-corrected chi connectivity index (χ4v) is 2.47. The van der Waals surface area contributed by atoms with Gasteiger partial charge >= 0.3 is 0 Å². The standard InChI is InChI=1S/C14H19BrClNO/c1-9(2)8-10(3)17(4)14(18)11-6-5-7-12(15)13(11)16/h5-7,9-10H,8H2,1-4H3. The summed E-state index contributed by atoms with van der Waals surface area (Å²) in [6, 6.07) is 5.61. The zero-order valence-electron chi connectivity index (χ0n) is 11.2. The highest BCUT2D eigenvalue weighted by molar-refractivity contribution is 9.10. The van der Waals surface area contributed by atoms with E-state index in [1.165, 1.54) is 0 Å². The number of amides is 1. The van der Waals surface area contributed by atoms with Crippen LogP contribution in [0.4, 0.5) is 0 Å². The Hall–Kier alpha value is -0.540. The third-order valence-corrected chi connectivity index (χ3v) is 4.27. The van der Waals surface area contributed by atoms with Crippen LogP contribution in [0.15, 0.2) is 22.7 Å². The molecule has 1 aromatic rings. The highest BCUT2D eigenvalue weighted by Crippen LogP contribution is 2.27. The van der Waals surface area contributed by atoms with Crippen LogP contribution in [0.1, 0.15) is 37.6 Å². The van der Waals surface area contributed by atoms with Gasteiger partial charge < -0.3 is 4.90 Å². The lowest BCUT2D eigenvalue weighted by Gasteiger charge is -2.26. The van der Waals surface area contributed by atoms with Crippen LogP contribution in [0.5, 0.6) is 0 Å². The molecule has 0 saturated heterocycles. The van der Waals surface area contributed by atoms with E-state index in [1.807, 2.05) is 19.2 Å². The Labute approximate surface area is 122 Å². The van der Waals surface area contributed by atoms with Gasteiger partial charge in [0.1, 0.15) is 0 Å². The van der Waals surface area contributed by atoms with Gasteiger partial charge in [-0.2, -0.15) is 0 Å². The molecule has 2 nitrogen and oxygen atoms in total. The van der Waals surface area contributed by atoms with Crippen LogP contribution in [-0.2, 0) is 0 Å². The Bertz CT molecular complexity index is 434. The third kappa shape index (κ3) is 3.72. The van der Waals surface area contributed by atoms with Crippen molar-refractivity contribution in [1.29, 1.82) is 0 Å². The van der Waals surface area contributed by atoms with Crippen molar-refractivity contribution in [2.45, 2.75) is 33.2 Å². The van der Waals surface area contributed by atoms with Crippen LogP contribution in [0.25, 0.3) is 0 Å². The first kappa shape index (κ1) is 15.5. The molecule has 0 aliphatic carbocycles. The van der Waals surface area contributed by atoms with Crippen molar-refractivity contribution in [2.24, 2.45) is 5.92 Å². The first-order valence-corrected chi connectivity index (χ1v) is 7.22. The van der Waals surface area contributed by atoms with Gasteiger partial charge in [0.2, 0.25) is 0 Å². The molecule has 100 valence electrons. The molecule has 0 saturated carbocycles. The van der Waals surface area contributed by atoms with Crippen molar-refractivity contribution >= 4 is 33.4 Å². The lowest BCUT2D eigenvalue weighted by Crippen LogP contribution is -2.36. The number of halogens is 2. The fraction of sp³-hybridized carbons (Fsp3) is 0.500. The van der Waals surface area contributed by atoms with Crippen LogP contribution in [0.2, 0.25) is 5.02 Å². The van der Waals surface area contributed by atoms with E-state index in [1.54, 1.807) is 11.0 Å². The van der Waals surface area contributed by atoms with E-state index >= 15 is 0 Å². The van der Waals surface area contributed by atoms with Gasteiger partial charge in [-0.15, -0.1) is 0 Å². The Kier molecular flexibility index (Phi) is 5.67. The van der Waals surface area contributed by atoms with E-state index < -0.39 is 0 Å². The maximum Gasteiger partial charge on any atom is 0.255 e. The molecule has 1 rings (SSSR count). The van der Waals surface area contributed by atoms with Crippen molar-refractivity contribution in [1.82, 2.24) is 4.90 Å². The summed E-state index contributed by atoms with van der Waals surface area (Å²) in [6.07, 6.45) is 0.980. The van der Waals surface area contributed by atoms with E-state index in [4.69, 9.17) is 11.6 Å². The molecule has 0 aliphatic rings. The van der Waals surface area contributed by atoms with Gasteiger partial charge in [-0.1, -0.05) is 31.5 Å². The number of carbonyl (C=O) groups is 1.